The number of aromatic nitrogens is 1. The summed E-state index contributed by atoms with van der Waals surface area (Å²) in [5.74, 6) is -0.00814. The van der Waals surface area contributed by atoms with Gasteiger partial charge in [0.15, 0.2) is 0 Å². The number of aryl methyl sites for hydroxylation is 1. The first kappa shape index (κ1) is 15.6. The maximum atomic E-state index is 12.3. The molecule has 1 aliphatic rings. The molecule has 0 aliphatic carbocycles. The number of carbonyl (C=O) groups is 1. The Hall–Kier alpha value is -0.810. The molecule has 1 fully saturated rings. The molecule has 1 N–H and O–H groups in total. The van der Waals surface area contributed by atoms with Crippen molar-refractivity contribution >= 4 is 21.8 Å². The van der Waals surface area contributed by atoms with Gasteiger partial charge in [-0.15, -0.1) is 0 Å². The predicted octanol–water partition coefficient (Wildman–Crippen LogP) is 3.26. The molecule has 1 aliphatic heterocycles. The quantitative estimate of drug-likeness (QED) is 0.912. The van der Waals surface area contributed by atoms with E-state index >= 15 is 0 Å². The molecule has 0 aromatic carbocycles. The van der Waals surface area contributed by atoms with Crippen LogP contribution in [0.1, 0.15) is 50.0 Å². The van der Waals surface area contributed by atoms with E-state index in [-0.39, 0.29) is 17.6 Å². The van der Waals surface area contributed by atoms with Crippen molar-refractivity contribution in [2.45, 2.75) is 51.2 Å². The van der Waals surface area contributed by atoms with Crippen LogP contribution >= 0.6 is 15.9 Å². The lowest BCUT2D eigenvalue weighted by Crippen LogP contribution is -2.48. The van der Waals surface area contributed by atoms with Crippen LogP contribution in [0, 0.1) is 0 Å². The number of nitrogens with zero attached hydrogens (tertiary/aromatic N) is 1. The molecule has 2 heterocycles. The first-order valence-corrected chi connectivity index (χ1v) is 8.05. The van der Waals surface area contributed by atoms with Gasteiger partial charge in [-0.2, -0.15) is 0 Å². The normalized spacial score (nSPS) is 21.7. The lowest BCUT2D eigenvalue weighted by atomic mass is 9.86. The topological polar surface area (TPSA) is 43.3 Å². The maximum Gasteiger partial charge on any atom is 0.268 e. The van der Waals surface area contributed by atoms with Crippen molar-refractivity contribution in [2.24, 2.45) is 7.05 Å². The zero-order valence-corrected chi connectivity index (χ0v) is 14.0. The molecule has 20 heavy (non-hydrogen) atoms. The number of hydrogen-bond acceptors (Lipinski definition) is 2. The molecule has 1 aromatic heterocycles. The highest BCUT2D eigenvalue weighted by Crippen LogP contribution is 2.31. The van der Waals surface area contributed by atoms with Gasteiger partial charge in [0.25, 0.3) is 5.91 Å². The van der Waals surface area contributed by atoms with Crippen molar-refractivity contribution in [3.63, 3.8) is 0 Å². The predicted molar refractivity (Wildman–Crippen MR) is 82.9 cm³/mol. The lowest BCUT2D eigenvalue weighted by molar-refractivity contribution is -0.0918. The van der Waals surface area contributed by atoms with Gasteiger partial charge in [-0.05, 0) is 47.7 Å². The van der Waals surface area contributed by atoms with E-state index in [9.17, 15) is 4.79 Å². The summed E-state index contributed by atoms with van der Waals surface area (Å²) in [6, 6.07) is 2.05. The highest BCUT2D eigenvalue weighted by atomic mass is 79.9. The van der Waals surface area contributed by atoms with Crippen molar-refractivity contribution in [1.82, 2.24) is 9.88 Å². The summed E-state index contributed by atoms with van der Waals surface area (Å²) in [6.45, 7) is 5.04. The fraction of sp³-hybridized carbons (Fsp3) is 0.667. The van der Waals surface area contributed by atoms with Crippen molar-refractivity contribution in [3.05, 3.63) is 22.4 Å². The molecule has 4 nitrogen and oxygen atoms in total. The van der Waals surface area contributed by atoms with Gasteiger partial charge < -0.3 is 14.6 Å². The van der Waals surface area contributed by atoms with Gasteiger partial charge in [-0.25, -0.2) is 0 Å². The Balaban J connectivity index is 2.03. The van der Waals surface area contributed by atoms with E-state index in [1.54, 1.807) is 0 Å². The van der Waals surface area contributed by atoms with Crippen LogP contribution in [0.5, 0.6) is 0 Å². The average Bonchev–Trinajstić information content (AvgIpc) is 2.78. The fourth-order valence-corrected chi connectivity index (χ4v) is 3.43. The summed E-state index contributed by atoms with van der Waals surface area (Å²) in [6.07, 6.45) is 5.66. The minimum atomic E-state index is -0.0645. The Morgan fingerprint density at radius 2 is 2.25 bits per heavy atom. The molecule has 1 atom stereocenters. The number of rotatable bonds is 4. The van der Waals surface area contributed by atoms with Crippen LogP contribution in [0.25, 0.3) is 0 Å². The monoisotopic (exact) mass is 342 g/mol. The van der Waals surface area contributed by atoms with Gasteiger partial charge >= 0.3 is 0 Å². The van der Waals surface area contributed by atoms with Crippen molar-refractivity contribution in [1.29, 1.82) is 0 Å². The summed E-state index contributed by atoms with van der Waals surface area (Å²) in [5, 5.41) is 3.15. The fourth-order valence-electron chi connectivity index (χ4n) is 2.90. The summed E-state index contributed by atoms with van der Waals surface area (Å²) in [5.41, 5.74) is 0.618. The van der Waals surface area contributed by atoms with Crippen LogP contribution in [0.4, 0.5) is 0 Å². The largest absolute Gasteiger partial charge is 0.375 e. The van der Waals surface area contributed by atoms with E-state index in [2.05, 4.69) is 35.1 Å². The second-order valence-corrected chi connectivity index (χ2v) is 6.47. The number of amides is 1. The highest BCUT2D eigenvalue weighted by molar-refractivity contribution is 9.10. The molecule has 0 bridgehead atoms. The Morgan fingerprint density at radius 3 is 2.80 bits per heavy atom. The Bertz CT molecular complexity index is 480. The standard InChI is InChI=1S/C15H23BrN2O2/c1-4-15(5-2)9-12(6-7-20-15)17-14(19)13-8-11(16)10-18(13)3/h8,10,12H,4-7,9H2,1-3H3,(H,17,19). The van der Waals surface area contributed by atoms with E-state index in [1.165, 1.54) is 0 Å². The number of nitrogens with one attached hydrogen (secondary N) is 1. The molecule has 112 valence electrons. The van der Waals surface area contributed by atoms with Gasteiger partial charge in [-0.1, -0.05) is 13.8 Å². The highest BCUT2D eigenvalue weighted by Gasteiger charge is 2.35. The van der Waals surface area contributed by atoms with E-state index in [0.717, 1.165) is 36.8 Å². The molecule has 1 unspecified atom stereocenters. The van der Waals surface area contributed by atoms with E-state index < -0.39 is 0 Å². The van der Waals surface area contributed by atoms with E-state index in [1.807, 2.05) is 23.9 Å². The average molecular weight is 343 g/mol. The second-order valence-electron chi connectivity index (χ2n) is 5.56. The second kappa shape index (κ2) is 6.31. The molecule has 5 heteroatoms. The third-order valence-corrected chi connectivity index (χ3v) is 4.75. The molecule has 1 aromatic rings. The van der Waals surface area contributed by atoms with E-state index in [4.69, 9.17) is 4.74 Å². The van der Waals surface area contributed by atoms with Crippen LogP contribution < -0.4 is 5.32 Å². The lowest BCUT2D eigenvalue weighted by Gasteiger charge is -2.40. The van der Waals surface area contributed by atoms with Gasteiger partial charge in [0.05, 0.1) is 5.60 Å². The van der Waals surface area contributed by atoms with Crippen molar-refractivity contribution in [3.8, 4) is 0 Å². The number of halogens is 1. The Labute approximate surface area is 129 Å². The maximum absolute atomic E-state index is 12.3. The zero-order valence-electron chi connectivity index (χ0n) is 12.4. The Morgan fingerprint density at radius 1 is 1.55 bits per heavy atom. The number of ether oxygens (including phenoxy) is 1. The van der Waals surface area contributed by atoms with Crippen molar-refractivity contribution in [2.75, 3.05) is 6.61 Å². The summed E-state index contributed by atoms with van der Waals surface area (Å²) in [7, 11) is 1.88. The summed E-state index contributed by atoms with van der Waals surface area (Å²) < 4.78 is 8.71. The molecule has 0 spiro atoms. The first-order valence-electron chi connectivity index (χ1n) is 7.26. The molecule has 0 radical (unpaired) electrons. The summed E-state index contributed by atoms with van der Waals surface area (Å²) >= 11 is 3.40. The smallest absolute Gasteiger partial charge is 0.268 e. The minimum Gasteiger partial charge on any atom is -0.375 e. The summed E-state index contributed by atoms with van der Waals surface area (Å²) in [4.78, 5) is 12.3. The minimum absolute atomic E-state index is 0.00814. The van der Waals surface area contributed by atoms with Gasteiger partial charge in [0.2, 0.25) is 0 Å². The third kappa shape index (κ3) is 3.26. The number of carbonyl (C=O) groups excluding carboxylic acids is 1. The Kier molecular flexibility index (Phi) is 4.91. The third-order valence-electron chi connectivity index (χ3n) is 4.32. The molecule has 1 amide bonds. The molecule has 2 rings (SSSR count). The van der Waals surface area contributed by atoms with Crippen LogP contribution in [0.15, 0.2) is 16.7 Å². The van der Waals surface area contributed by atoms with Crippen LogP contribution in [-0.4, -0.2) is 28.7 Å². The number of hydrogen-bond donors (Lipinski definition) is 1. The van der Waals surface area contributed by atoms with Gasteiger partial charge in [0, 0.05) is 30.4 Å². The van der Waals surface area contributed by atoms with Crippen LogP contribution in [-0.2, 0) is 11.8 Å². The first-order chi connectivity index (χ1) is 9.49. The van der Waals surface area contributed by atoms with Crippen molar-refractivity contribution < 1.29 is 9.53 Å². The molecular weight excluding hydrogens is 320 g/mol. The molecule has 0 saturated carbocycles. The van der Waals surface area contributed by atoms with Gasteiger partial charge in [0.1, 0.15) is 5.69 Å². The van der Waals surface area contributed by atoms with E-state index in [0.29, 0.717) is 5.69 Å². The van der Waals surface area contributed by atoms with Gasteiger partial charge in [-0.3, -0.25) is 4.79 Å². The SMILES string of the molecule is CCC1(CC)CC(NC(=O)c2cc(Br)cn2C)CCO1. The zero-order chi connectivity index (χ0) is 14.8. The molecule has 1 saturated heterocycles. The van der Waals surface area contributed by atoms with Crippen LogP contribution in [0.2, 0.25) is 0 Å². The molecular formula is C15H23BrN2O2. The van der Waals surface area contributed by atoms with Crippen LogP contribution in [0.3, 0.4) is 0 Å².